The van der Waals surface area contributed by atoms with Gasteiger partial charge in [0.25, 0.3) is 0 Å². The minimum absolute atomic E-state index is 0.0735. The first-order valence-electron chi connectivity index (χ1n) is 20.4. The van der Waals surface area contributed by atoms with Crippen LogP contribution >= 0.6 is 0 Å². The molecule has 2 aliphatic rings. The van der Waals surface area contributed by atoms with Crippen molar-refractivity contribution in [1.82, 2.24) is 0 Å². The van der Waals surface area contributed by atoms with Crippen LogP contribution in [0.3, 0.4) is 0 Å². The third kappa shape index (κ3) is 4.31. The molecule has 0 spiro atoms. The molecule has 0 radical (unpaired) electrons. The fraction of sp³-hybridized carbons (Fsp3) is 0. The van der Waals surface area contributed by atoms with Crippen molar-refractivity contribution in [3.05, 3.63) is 188 Å². The van der Waals surface area contributed by atoms with Gasteiger partial charge in [0, 0.05) is 78.5 Å². The highest BCUT2D eigenvalue weighted by molar-refractivity contribution is 7.01. The van der Waals surface area contributed by atoms with Gasteiger partial charge in [-0.15, -0.1) is 0 Å². The topological polar surface area (TPSA) is 45.9 Å². The van der Waals surface area contributed by atoms with Crippen LogP contribution in [0.1, 0.15) is 0 Å². The minimum Gasteiger partial charge on any atom is -0.456 e. The molecule has 0 N–H and O–H groups in total. The van der Waals surface area contributed by atoms with Gasteiger partial charge < -0.3 is 23.1 Å². The lowest BCUT2D eigenvalue weighted by Gasteiger charge is -2.37. The van der Waals surface area contributed by atoms with Gasteiger partial charge in [0.1, 0.15) is 33.5 Å². The number of furan rings is 3. The molecule has 0 unspecified atom stereocenters. The lowest BCUT2D eigenvalue weighted by atomic mass is 9.37. The number of para-hydroxylation sites is 5. The number of fused-ring (bicyclic) bond motifs is 14. The second-order valence-corrected chi connectivity index (χ2v) is 16.0. The molecule has 9 aromatic carbocycles. The molecule has 2 aliphatic heterocycles. The molecule has 0 saturated heterocycles. The Balaban J connectivity index is 1.12. The van der Waals surface area contributed by atoms with Crippen LogP contribution in [0.25, 0.3) is 76.9 Å². The number of hydrogen-bond acceptors (Lipinski definition) is 5. The summed E-state index contributed by atoms with van der Waals surface area (Å²) in [5.74, 6) is 0. The molecule has 14 rings (SSSR count). The first-order valence-corrected chi connectivity index (χ1v) is 20.4. The fourth-order valence-corrected chi connectivity index (χ4v) is 10.3. The predicted molar refractivity (Wildman–Crippen MR) is 248 cm³/mol. The largest absolute Gasteiger partial charge is 0.456 e. The molecule has 6 heteroatoms. The van der Waals surface area contributed by atoms with Gasteiger partial charge in [-0.25, -0.2) is 0 Å². The number of hydrogen-bond donors (Lipinski definition) is 0. The van der Waals surface area contributed by atoms with Gasteiger partial charge >= 0.3 is 0 Å². The monoisotopic (exact) mass is 766 g/mol. The van der Waals surface area contributed by atoms with Crippen molar-refractivity contribution in [2.45, 2.75) is 0 Å². The van der Waals surface area contributed by atoms with E-state index in [0.29, 0.717) is 0 Å². The van der Waals surface area contributed by atoms with Crippen molar-refractivity contribution in [2.24, 2.45) is 0 Å². The Kier molecular flexibility index (Phi) is 6.31. The molecule has 0 atom stereocenters. The lowest BCUT2D eigenvalue weighted by Crippen LogP contribution is -2.54. The van der Waals surface area contributed by atoms with E-state index in [0.717, 1.165) is 99.9 Å². The Morgan fingerprint density at radius 3 is 1.53 bits per heavy atom. The second kappa shape index (κ2) is 11.8. The van der Waals surface area contributed by atoms with Crippen molar-refractivity contribution in [2.75, 3.05) is 9.80 Å². The maximum absolute atomic E-state index is 6.65. The fourth-order valence-electron chi connectivity index (χ4n) is 10.3. The molecule has 5 heterocycles. The quantitative estimate of drug-likeness (QED) is 0.167. The van der Waals surface area contributed by atoms with Crippen LogP contribution in [0.15, 0.2) is 201 Å². The van der Waals surface area contributed by atoms with Crippen LogP contribution in [0, 0.1) is 0 Å². The lowest BCUT2D eigenvalue weighted by molar-refractivity contribution is 0.668. The summed E-state index contributed by atoms with van der Waals surface area (Å²) < 4.78 is 19.8. The zero-order chi connectivity index (χ0) is 39.1. The summed E-state index contributed by atoms with van der Waals surface area (Å²) in [6, 6.07) is 67.0. The molecule has 0 bridgehead atoms. The summed E-state index contributed by atoms with van der Waals surface area (Å²) in [4.78, 5) is 4.83. The van der Waals surface area contributed by atoms with Gasteiger partial charge in [0.05, 0.1) is 5.69 Å². The molecular formula is C54H31BN2O3. The van der Waals surface area contributed by atoms with E-state index >= 15 is 0 Å². The number of benzene rings is 9. The summed E-state index contributed by atoms with van der Waals surface area (Å²) in [5.41, 5.74) is 17.9. The molecule has 60 heavy (non-hydrogen) atoms. The number of nitrogens with zero attached hydrogens (tertiary/aromatic N) is 2. The number of rotatable bonds is 4. The molecule has 3 aromatic heterocycles. The Morgan fingerprint density at radius 2 is 0.900 bits per heavy atom. The van der Waals surface area contributed by atoms with Crippen LogP contribution < -0.4 is 26.2 Å². The van der Waals surface area contributed by atoms with Crippen molar-refractivity contribution < 1.29 is 13.3 Å². The summed E-state index contributed by atoms with van der Waals surface area (Å²) in [6.45, 7) is -0.0735. The van der Waals surface area contributed by atoms with Gasteiger partial charge in [-0.1, -0.05) is 109 Å². The zero-order valence-corrected chi connectivity index (χ0v) is 32.1. The Labute approximate surface area is 344 Å². The Bertz CT molecular complexity index is 3710. The first kappa shape index (κ1) is 32.1. The van der Waals surface area contributed by atoms with E-state index in [4.69, 9.17) is 13.3 Å². The van der Waals surface area contributed by atoms with E-state index in [1.807, 2.05) is 24.3 Å². The van der Waals surface area contributed by atoms with Gasteiger partial charge in [0.2, 0.25) is 6.71 Å². The summed E-state index contributed by atoms with van der Waals surface area (Å²) in [6.07, 6.45) is 0. The molecular weight excluding hydrogens is 735 g/mol. The predicted octanol–water partition coefficient (Wildman–Crippen LogP) is 13.1. The molecule has 12 aromatic rings. The normalized spacial score (nSPS) is 12.9. The Morgan fingerprint density at radius 1 is 0.383 bits per heavy atom. The van der Waals surface area contributed by atoms with E-state index in [2.05, 4.69) is 174 Å². The van der Waals surface area contributed by atoms with Crippen molar-refractivity contribution >= 4 is 123 Å². The van der Waals surface area contributed by atoms with Crippen molar-refractivity contribution in [1.29, 1.82) is 0 Å². The van der Waals surface area contributed by atoms with E-state index in [-0.39, 0.29) is 6.71 Å². The van der Waals surface area contributed by atoms with Crippen LogP contribution in [0.4, 0.5) is 34.1 Å². The molecule has 0 aliphatic carbocycles. The molecule has 5 nitrogen and oxygen atoms in total. The second-order valence-electron chi connectivity index (χ2n) is 16.0. The van der Waals surface area contributed by atoms with E-state index < -0.39 is 0 Å². The average molecular weight is 767 g/mol. The van der Waals surface area contributed by atoms with Gasteiger partial charge in [-0.05, 0) is 89.3 Å². The highest BCUT2D eigenvalue weighted by Crippen LogP contribution is 2.49. The highest BCUT2D eigenvalue weighted by Gasteiger charge is 2.45. The maximum Gasteiger partial charge on any atom is 0.248 e. The Hall–Kier alpha value is -7.96. The summed E-state index contributed by atoms with van der Waals surface area (Å²) in [5, 5.41) is 6.67. The van der Waals surface area contributed by atoms with Gasteiger partial charge in [-0.2, -0.15) is 0 Å². The standard InChI is InChI=1S/C54H31BN2O3/c1-3-13-32(14-4-1)56(33-15-5-2-6-16-33)44-25-26-45-54-53(44)41-30-51-39(36-18-8-11-21-48(36)59-51)28-42(41)55(54)43-29-40-37-19-9-12-22-49(37)60-52(40)31-46(43)57(45)34-23-24-38-35-17-7-10-20-47(35)58-50(38)27-34/h1-31H. The van der Waals surface area contributed by atoms with Crippen molar-refractivity contribution in [3.63, 3.8) is 0 Å². The van der Waals surface area contributed by atoms with Crippen LogP contribution in [-0.2, 0) is 0 Å². The SMILES string of the molecule is c1ccc(N(c2ccccc2)c2ccc3c4c2-c2cc5oc6ccccc6c5cc2B4c2cc4c(cc2N3c2ccc3c(c2)oc2ccccc23)oc2ccccc24)cc1. The molecule has 0 fully saturated rings. The number of anilines is 6. The smallest absolute Gasteiger partial charge is 0.248 e. The zero-order valence-electron chi connectivity index (χ0n) is 32.1. The van der Waals surface area contributed by atoms with Crippen LogP contribution in [0.5, 0.6) is 0 Å². The maximum atomic E-state index is 6.65. The van der Waals surface area contributed by atoms with Gasteiger partial charge in [-0.3, -0.25) is 0 Å². The molecule has 278 valence electrons. The molecule has 0 amide bonds. The summed E-state index contributed by atoms with van der Waals surface area (Å²) in [7, 11) is 0. The van der Waals surface area contributed by atoms with E-state index in [1.54, 1.807) is 0 Å². The summed E-state index contributed by atoms with van der Waals surface area (Å²) >= 11 is 0. The minimum atomic E-state index is -0.0735. The third-order valence-electron chi connectivity index (χ3n) is 12.8. The van der Waals surface area contributed by atoms with Crippen LogP contribution in [-0.4, -0.2) is 6.71 Å². The van der Waals surface area contributed by atoms with Gasteiger partial charge in [0.15, 0.2) is 0 Å². The molecule has 0 saturated carbocycles. The third-order valence-corrected chi connectivity index (χ3v) is 12.8. The van der Waals surface area contributed by atoms with Crippen molar-refractivity contribution in [3.8, 4) is 11.1 Å². The van der Waals surface area contributed by atoms with E-state index in [9.17, 15) is 0 Å². The average Bonchev–Trinajstić information content (AvgIpc) is 4.05. The highest BCUT2D eigenvalue weighted by atomic mass is 16.3. The van der Waals surface area contributed by atoms with Crippen LogP contribution in [0.2, 0.25) is 0 Å². The first-order chi connectivity index (χ1) is 29.7. The van der Waals surface area contributed by atoms with E-state index in [1.165, 1.54) is 27.5 Å².